The number of benzene rings is 1. The Balaban J connectivity index is 2.26. The lowest BCUT2D eigenvalue weighted by Crippen LogP contribution is -2.12. The Kier molecular flexibility index (Phi) is 3.81. The van der Waals surface area contributed by atoms with Gasteiger partial charge in [0.15, 0.2) is 5.78 Å². The van der Waals surface area contributed by atoms with E-state index in [4.69, 9.17) is 0 Å². The van der Waals surface area contributed by atoms with E-state index < -0.39 is 0 Å². The number of hydrogen-bond donors (Lipinski definition) is 1. The van der Waals surface area contributed by atoms with Crippen molar-refractivity contribution in [2.45, 2.75) is 20.8 Å². The number of Topliss-reactive ketones (excluding diaryl/α,β-unsaturated/α-hetero) is 1. The van der Waals surface area contributed by atoms with Crippen molar-refractivity contribution in [2.75, 3.05) is 5.32 Å². The van der Waals surface area contributed by atoms with Gasteiger partial charge >= 0.3 is 0 Å². The Morgan fingerprint density at radius 1 is 1.16 bits per heavy atom. The summed E-state index contributed by atoms with van der Waals surface area (Å²) >= 11 is 1.46. The maximum atomic E-state index is 12.1. The molecule has 19 heavy (non-hydrogen) atoms. The molecular formula is C15H15NO2S. The zero-order chi connectivity index (χ0) is 14.0. The number of thiophene rings is 1. The zero-order valence-corrected chi connectivity index (χ0v) is 11.9. The molecule has 0 spiro atoms. The van der Waals surface area contributed by atoms with Gasteiger partial charge in [-0.1, -0.05) is 12.1 Å². The highest BCUT2D eigenvalue weighted by Gasteiger charge is 2.13. The topological polar surface area (TPSA) is 46.2 Å². The van der Waals surface area contributed by atoms with Gasteiger partial charge in [-0.3, -0.25) is 9.59 Å². The largest absolute Gasteiger partial charge is 0.321 e. The molecular weight excluding hydrogens is 258 g/mol. The van der Waals surface area contributed by atoms with E-state index in [0.717, 1.165) is 10.4 Å². The summed E-state index contributed by atoms with van der Waals surface area (Å²) in [4.78, 5) is 25.4. The maximum Gasteiger partial charge on any atom is 0.265 e. The smallest absolute Gasteiger partial charge is 0.265 e. The van der Waals surface area contributed by atoms with Crippen LogP contribution in [0.3, 0.4) is 0 Å². The fraction of sp³-hybridized carbons (Fsp3) is 0.200. The first-order valence-corrected chi connectivity index (χ1v) is 6.79. The molecule has 1 aromatic carbocycles. The predicted molar refractivity (Wildman–Crippen MR) is 78.2 cm³/mol. The van der Waals surface area contributed by atoms with Crippen molar-refractivity contribution in [2.24, 2.45) is 0 Å². The van der Waals surface area contributed by atoms with Gasteiger partial charge in [-0.05, 0) is 44.5 Å². The van der Waals surface area contributed by atoms with Gasteiger partial charge in [0.25, 0.3) is 5.91 Å². The maximum absolute atomic E-state index is 12.1. The molecule has 0 atom stereocenters. The molecule has 1 N–H and O–H groups in total. The zero-order valence-electron chi connectivity index (χ0n) is 11.1. The van der Waals surface area contributed by atoms with E-state index in [9.17, 15) is 9.59 Å². The molecule has 0 aliphatic carbocycles. The van der Waals surface area contributed by atoms with Crippen LogP contribution in [0.5, 0.6) is 0 Å². The highest BCUT2D eigenvalue weighted by molar-refractivity contribution is 7.14. The molecule has 0 aliphatic rings. The number of carbonyl (C=O) groups excluding carboxylic acids is 2. The van der Waals surface area contributed by atoms with Crippen LogP contribution in [0.2, 0.25) is 0 Å². The summed E-state index contributed by atoms with van der Waals surface area (Å²) < 4.78 is 0. The molecule has 1 amide bonds. The highest BCUT2D eigenvalue weighted by Crippen LogP contribution is 2.23. The number of anilines is 1. The second kappa shape index (κ2) is 5.36. The van der Waals surface area contributed by atoms with Crippen LogP contribution in [-0.2, 0) is 0 Å². The third-order valence-corrected chi connectivity index (χ3v) is 4.10. The quantitative estimate of drug-likeness (QED) is 0.864. The van der Waals surface area contributed by atoms with Crippen molar-refractivity contribution in [3.8, 4) is 0 Å². The van der Waals surface area contributed by atoms with Gasteiger partial charge in [-0.25, -0.2) is 0 Å². The molecule has 4 heteroatoms. The van der Waals surface area contributed by atoms with Gasteiger partial charge in [0.05, 0.1) is 10.6 Å². The van der Waals surface area contributed by atoms with Crippen LogP contribution in [0.1, 0.15) is 37.4 Å². The van der Waals surface area contributed by atoms with E-state index in [-0.39, 0.29) is 11.7 Å². The summed E-state index contributed by atoms with van der Waals surface area (Å²) in [5.74, 6) is -0.232. The van der Waals surface area contributed by atoms with Crippen LogP contribution in [-0.4, -0.2) is 11.7 Å². The molecule has 98 valence electrons. The molecule has 0 unspecified atom stereocenters. The van der Waals surface area contributed by atoms with Crippen molar-refractivity contribution in [3.05, 3.63) is 51.2 Å². The van der Waals surface area contributed by atoms with Gasteiger partial charge in [0.2, 0.25) is 0 Å². The molecule has 0 radical (unpaired) electrons. The van der Waals surface area contributed by atoms with E-state index in [1.54, 1.807) is 24.3 Å². The molecule has 0 aliphatic heterocycles. The first-order valence-electron chi connectivity index (χ1n) is 5.97. The number of carbonyl (C=O) groups is 2. The molecule has 1 heterocycles. The number of nitrogens with one attached hydrogen (secondary N) is 1. The van der Waals surface area contributed by atoms with E-state index in [1.165, 1.54) is 18.3 Å². The summed E-state index contributed by atoms with van der Waals surface area (Å²) in [6.45, 7) is 5.46. The van der Waals surface area contributed by atoms with Crippen molar-refractivity contribution in [1.82, 2.24) is 0 Å². The fourth-order valence-electron chi connectivity index (χ4n) is 1.77. The van der Waals surface area contributed by atoms with Crippen molar-refractivity contribution in [1.29, 1.82) is 0 Å². The first kappa shape index (κ1) is 13.5. The molecule has 3 nitrogen and oxygen atoms in total. The average Bonchev–Trinajstić information content (AvgIpc) is 2.70. The third-order valence-electron chi connectivity index (χ3n) is 2.94. The normalized spacial score (nSPS) is 10.3. The van der Waals surface area contributed by atoms with Crippen LogP contribution < -0.4 is 5.32 Å². The van der Waals surface area contributed by atoms with Gasteiger partial charge in [-0.2, -0.15) is 0 Å². The Morgan fingerprint density at radius 2 is 1.84 bits per heavy atom. The van der Waals surface area contributed by atoms with Crippen molar-refractivity contribution in [3.63, 3.8) is 0 Å². The number of hydrogen-bond acceptors (Lipinski definition) is 3. The van der Waals surface area contributed by atoms with Gasteiger partial charge < -0.3 is 5.32 Å². The van der Waals surface area contributed by atoms with Gasteiger partial charge in [0, 0.05) is 10.4 Å². The molecule has 0 saturated carbocycles. The number of aryl methyl sites for hydroxylation is 2. The summed E-state index contributed by atoms with van der Waals surface area (Å²) in [5, 5.41) is 2.80. The van der Waals surface area contributed by atoms with E-state index in [0.29, 0.717) is 16.1 Å². The van der Waals surface area contributed by atoms with Crippen molar-refractivity contribution < 1.29 is 9.59 Å². The minimum atomic E-state index is -0.171. The lowest BCUT2D eigenvalue weighted by molar-refractivity contribution is 0.101. The molecule has 2 aromatic rings. The molecule has 2 rings (SSSR count). The third kappa shape index (κ3) is 2.90. The van der Waals surface area contributed by atoms with Crippen LogP contribution >= 0.6 is 11.3 Å². The SMILES string of the molecule is CC(=O)c1ccccc1NC(=O)c1cc(C)c(C)s1. The molecule has 1 aromatic heterocycles. The van der Waals surface area contributed by atoms with Crippen LogP contribution in [0, 0.1) is 13.8 Å². The highest BCUT2D eigenvalue weighted by atomic mass is 32.1. The summed E-state index contributed by atoms with van der Waals surface area (Å²) in [5.41, 5.74) is 2.19. The molecule has 0 bridgehead atoms. The Hall–Kier alpha value is -1.94. The van der Waals surface area contributed by atoms with Gasteiger partial charge in [0.1, 0.15) is 0 Å². The van der Waals surface area contributed by atoms with E-state index in [2.05, 4.69) is 5.32 Å². The summed E-state index contributed by atoms with van der Waals surface area (Å²) in [6.07, 6.45) is 0. The standard InChI is InChI=1S/C15H15NO2S/c1-9-8-14(19-11(9)3)15(18)16-13-7-5-4-6-12(13)10(2)17/h4-8H,1-3H3,(H,16,18). The number of ketones is 1. The molecule has 0 fully saturated rings. The van der Waals surface area contributed by atoms with E-state index in [1.807, 2.05) is 19.9 Å². The second-order valence-electron chi connectivity index (χ2n) is 4.41. The first-order chi connectivity index (χ1) is 8.99. The predicted octanol–water partition coefficient (Wildman–Crippen LogP) is 3.82. The molecule has 0 saturated heterocycles. The summed E-state index contributed by atoms with van der Waals surface area (Å²) in [6, 6.07) is 8.90. The second-order valence-corrected chi connectivity index (χ2v) is 5.66. The number of amides is 1. The lowest BCUT2D eigenvalue weighted by atomic mass is 10.1. The van der Waals surface area contributed by atoms with Crippen LogP contribution in [0.25, 0.3) is 0 Å². The van der Waals surface area contributed by atoms with Crippen LogP contribution in [0.4, 0.5) is 5.69 Å². The number of para-hydroxylation sites is 1. The minimum absolute atomic E-state index is 0.0607. The Morgan fingerprint density at radius 3 is 2.42 bits per heavy atom. The van der Waals surface area contributed by atoms with Gasteiger partial charge in [-0.15, -0.1) is 11.3 Å². The van der Waals surface area contributed by atoms with Crippen LogP contribution in [0.15, 0.2) is 30.3 Å². The van der Waals surface area contributed by atoms with E-state index >= 15 is 0 Å². The minimum Gasteiger partial charge on any atom is -0.321 e. The Labute approximate surface area is 116 Å². The lowest BCUT2D eigenvalue weighted by Gasteiger charge is -2.07. The van der Waals surface area contributed by atoms with Crippen molar-refractivity contribution >= 4 is 28.7 Å². The summed E-state index contributed by atoms with van der Waals surface area (Å²) in [7, 11) is 0. The Bertz CT molecular complexity index is 624. The fourth-order valence-corrected chi connectivity index (χ4v) is 2.70. The average molecular weight is 273 g/mol. The monoisotopic (exact) mass is 273 g/mol. The number of rotatable bonds is 3.